The first-order valence-corrected chi connectivity index (χ1v) is 8.43. The van der Waals surface area contributed by atoms with Gasteiger partial charge in [-0.15, -0.1) is 0 Å². The van der Waals surface area contributed by atoms with Crippen LogP contribution in [0, 0.1) is 5.41 Å². The van der Waals surface area contributed by atoms with Crippen LogP contribution in [0.3, 0.4) is 0 Å². The maximum atomic E-state index is 9.67. The zero-order chi connectivity index (χ0) is 14.3. The molecule has 0 aromatic rings. The van der Waals surface area contributed by atoms with E-state index in [0.717, 1.165) is 52.2 Å². The minimum absolute atomic E-state index is 0.257. The molecule has 2 saturated heterocycles. The molecule has 2 fully saturated rings. The van der Waals surface area contributed by atoms with Crippen molar-refractivity contribution >= 4 is 0 Å². The van der Waals surface area contributed by atoms with Crippen LogP contribution in [-0.4, -0.2) is 62.0 Å². The van der Waals surface area contributed by atoms with Crippen LogP contribution >= 0.6 is 0 Å². The van der Waals surface area contributed by atoms with Crippen LogP contribution < -0.4 is 5.32 Å². The Morgan fingerprint density at radius 3 is 2.95 bits per heavy atom. The van der Waals surface area contributed by atoms with Crippen molar-refractivity contribution in [3.8, 4) is 0 Å². The van der Waals surface area contributed by atoms with Crippen molar-refractivity contribution in [1.82, 2.24) is 10.2 Å². The number of aliphatic hydroxyl groups is 1. The Labute approximate surface area is 123 Å². The SMILES string of the molecule is CCCNCC1(CN2CCCCCC2CO)CCOC1. The average Bonchev–Trinajstić information content (AvgIpc) is 2.79. The predicted molar refractivity (Wildman–Crippen MR) is 81.9 cm³/mol. The molecule has 2 aliphatic heterocycles. The molecule has 2 N–H and O–H groups in total. The number of aliphatic hydroxyl groups excluding tert-OH is 1. The molecule has 2 atom stereocenters. The van der Waals surface area contributed by atoms with Gasteiger partial charge in [0.05, 0.1) is 13.2 Å². The van der Waals surface area contributed by atoms with Crippen LogP contribution in [-0.2, 0) is 4.74 Å². The maximum Gasteiger partial charge on any atom is 0.0586 e. The Kier molecular flexibility index (Phi) is 6.75. The molecular formula is C16H32N2O2. The van der Waals surface area contributed by atoms with Gasteiger partial charge in [-0.1, -0.05) is 19.8 Å². The van der Waals surface area contributed by atoms with E-state index in [4.69, 9.17) is 4.74 Å². The van der Waals surface area contributed by atoms with E-state index in [0.29, 0.717) is 12.6 Å². The third-order valence-electron chi connectivity index (χ3n) is 4.86. The van der Waals surface area contributed by atoms with Gasteiger partial charge in [0.25, 0.3) is 0 Å². The van der Waals surface area contributed by atoms with Gasteiger partial charge < -0.3 is 15.2 Å². The third-order valence-corrected chi connectivity index (χ3v) is 4.86. The van der Waals surface area contributed by atoms with Gasteiger partial charge in [-0.3, -0.25) is 4.90 Å². The van der Waals surface area contributed by atoms with Crippen LogP contribution in [0.5, 0.6) is 0 Å². The Hall–Kier alpha value is -0.160. The lowest BCUT2D eigenvalue weighted by Crippen LogP contribution is -2.49. The lowest BCUT2D eigenvalue weighted by Gasteiger charge is -2.37. The zero-order valence-electron chi connectivity index (χ0n) is 13.1. The van der Waals surface area contributed by atoms with Gasteiger partial charge in [0.2, 0.25) is 0 Å². The third kappa shape index (κ3) is 4.42. The van der Waals surface area contributed by atoms with Crippen molar-refractivity contribution in [2.24, 2.45) is 5.41 Å². The molecule has 2 rings (SSSR count). The average molecular weight is 284 g/mol. The molecule has 0 aliphatic carbocycles. The fourth-order valence-electron chi connectivity index (χ4n) is 3.58. The first-order valence-electron chi connectivity index (χ1n) is 8.43. The molecule has 2 heterocycles. The largest absolute Gasteiger partial charge is 0.395 e. The van der Waals surface area contributed by atoms with E-state index >= 15 is 0 Å². The molecule has 118 valence electrons. The summed E-state index contributed by atoms with van der Waals surface area (Å²) < 4.78 is 5.70. The van der Waals surface area contributed by atoms with Crippen LogP contribution in [0.2, 0.25) is 0 Å². The van der Waals surface area contributed by atoms with Gasteiger partial charge >= 0.3 is 0 Å². The Balaban J connectivity index is 1.94. The van der Waals surface area contributed by atoms with Crippen molar-refractivity contribution in [3.63, 3.8) is 0 Å². The van der Waals surface area contributed by atoms with Crippen LogP contribution in [0.25, 0.3) is 0 Å². The van der Waals surface area contributed by atoms with E-state index in [2.05, 4.69) is 17.1 Å². The summed E-state index contributed by atoms with van der Waals surface area (Å²) in [5, 5.41) is 13.3. The molecule has 4 nitrogen and oxygen atoms in total. The molecule has 0 bridgehead atoms. The summed E-state index contributed by atoms with van der Waals surface area (Å²) in [5.74, 6) is 0. The minimum atomic E-state index is 0.257. The highest BCUT2D eigenvalue weighted by molar-refractivity contribution is 4.90. The molecule has 0 radical (unpaired) electrons. The van der Waals surface area contributed by atoms with E-state index in [-0.39, 0.29) is 5.41 Å². The van der Waals surface area contributed by atoms with Gasteiger partial charge in [-0.05, 0) is 38.8 Å². The van der Waals surface area contributed by atoms with Gasteiger partial charge in [-0.25, -0.2) is 0 Å². The van der Waals surface area contributed by atoms with E-state index < -0.39 is 0 Å². The van der Waals surface area contributed by atoms with Crippen LogP contribution in [0.4, 0.5) is 0 Å². The number of ether oxygens (including phenoxy) is 1. The standard InChI is InChI=1S/C16H32N2O2/c1-2-8-17-12-16(7-10-20-14-16)13-18-9-5-3-4-6-15(18)11-19/h15,17,19H,2-14H2,1H3. The van der Waals surface area contributed by atoms with Crippen molar-refractivity contribution in [2.45, 2.75) is 51.5 Å². The van der Waals surface area contributed by atoms with E-state index in [9.17, 15) is 5.11 Å². The number of nitrogens with zero attached hydrogens (tertiary/aromatic N) is 1. The fraction of sp³-hybridized carbons (Fsp3) is 1.00. The summed E-state index contributed by atoms with van der Waals surface area (Å²) in [5.41, 5.74) is 0.257. The van der Waals surface area contributed by atoms with Crippen LogP contribution in [0.15, 0.2) is 0 Å². The monoisotopic (exact) mass is 284 g/mol. The van der Waals surface area contributed by atoms with E-state index in [1.54, 1.807) is 0 Å². The van der Waals surface area contributed by atoms with Crippen molar-refractivity contribution in [3.05, 3.63) is 0 Å². The molecule has 0 spiro atoms. The molecule has 2 aliphatic rings. The lowest BCUT2D eigenvalue weighted by atomic mass is 9.85. The van der Waals surface area contributed by atoms with Crippen LogP contribution in [0.1, 0.15) is 45.4 Å². The summed E-state index contributed by atoms with van der Waals surface area (Å²) in [6, 6.07) is 0.362. The maximum absolute atomic E-state index is 9.67. The number of nitrogens with one attached hydrogen (secondary N) is 1. The summed E-state index contributed by atoms with van der Waals surface area (Å²) >= 11 is 0. The smallest absolute Gasteiger partial charge is 0.0586 e. The normalized spacial score (nSPS) is 32.4. The highest BCUT2D eigenvalue weighted by atomic mass is 16.5. The zero-order valence-corrected chi connectivity index (χ0v) is 13.1. The van der Waals surface area contributed by atoms with Crippen molar-refractivity contribution in [1.29, 1.82) is 0 Å². The molecule has 0 amide bonds. The second-order valence-electron chi connectivity index (χ2n) is 6.64. The molecule has 4 heteroatoms. The van der Waals surface area contributed by atoms with Crippen molar-refractivity contribution in [2.75, 3.05) is 46.0 Å². The topological polar surface area (TPSA) is 44.7 Å². The summed E-state index contributed by atoms with van der Waals surface area (Å²) in [6.45, 7) is 8.64. The molecule has 0 saturated carbocycles. The summed E-state index contributed by atoms with van der Waals surface area (Å²) in [6.07, 6.45) is 7.33. The second-order valence-corrected chi connectivity index (χ2v) is 6.64. The van der Waals surface area contributed by atoms with Gasteiger partial charge in [0.1, 0.15) is 0 Å². The molecular weight excluding hydrogens is 252 g/mol. The van der Waals surface area contributed by atoms with Gasteiger partial charge in [0, 0.05) is 31.2 Å². The molecule has 0 aromatic carbocycles. The Bertz CT molecular complexity index is 267. The summed E-state index contributed by atoms with van der Waals surface area (Å²) in [7, 11) is 0. The summed E-state index contributed by atoms with van der Waals surface area (Å²) in [4.78, 5) is 2.54. The number of hydrogen-bond donors (Lipinski definition) is 2. The van der Waals surface area contributed by atoms with Gasteiger partial charge in [-0.2, -0.15) is 0 Å². The van der Waals surface area contributed by atoms with Gasteiger partial charge in [0.15, 0.2) is 0 Å². The molecule has 20 heavy (non-hydrogen) atoms. The number of likely N-dealkylation sites (tertiary alicyclic amines) is 1. The predicted octanol–water partition coefficient (Wildman–Crippen LogP) is 1.63. The highest BCUT2D eigenvalue weighted by Crippen LogP contribution is 2.31. The molecule has 2 unspecified atom stereocenters. The minimum Gasteiger partial charge on any atom is -0.395 e. The van der Waals surface area contributed by atoms with E-state index in [1.165, 1.54) is 25.7 Å². The van der Waals surface area contributed by atoms with E-state index in [1.807, 2.05) is 0 Å². The second kappa shape index (κ2) is 8.32. The lowest BCUT2D eigenvalue weighted by molar-refractivity contribution is 0.0623. The Morgan fingerprint density at radius 1 is 1.35 bits per heavy atom. The fourth-order valence-corrected chi connectivity index (χ4v) is 3.58. The van der Waals surface area contributed by atoms with Crippen molar-refractivity contribution < 1.29 is 9.84 Å². The number of hydrogen-bond acceptors (Lipinski definition) is 4. The highest BCUT2D eigenvalue weighted by Gasteiger charge is 2.38. The first kappa shape index (κ1) is 16.2. The quantitative estimate of drug-likeness (QED) is 0.698. The first-order chi connectivity index (χ1) is 9.79. The molecule has 0 aromatic heterocycles. The number of rotatable bonds is 7. The Morgan fingerprint density at radius 2 is 2.25 bits per heavy atom.